The number of carbonyl (C=O) groups is 1. The van der Waals surface area contributed by atoms with E-state index >= 15 is 0 Å². The fourth-order valence-corrected chi connectivity index (χ4v) is 4.15. The Morgan fingerprint density at radius 3 is 2.89 bits per heavy atom. The number of ether oxygens (including phenoxy) is 3. The highest BCUT2D eigenvalue weighted by Gasteiger charge is 2.25. The Morgan fingerprint density at radius 2 is 2.19 bits per heavy atom. The lowest BCUT2D eigenvalue weighted by Gasteiger charge is -2.21. The highest BCUT2D eigenvalue weighted by atomic mass is 35.5. The van der Waals surface area contributed by atoms with Crippen molar-refractivity contribution in [2.45, 2.75) is 44.8 Å². The normalized spacial score (nSPS) is 16.6. The first-order chi connectivity index (χ1) is 17.3. The molecule has 1 aromatic heterocycles. The average molecular weight is 576 g/mol. The summed E-state index contributed by atoms with van der Waals surface area (Å²) in [6.07, 6.45) is 0.876. The van der Waals surface area contributed by atoms with Crippen molar-refractivity contribution in [2.75, 3.05) is 12.3 Å². The van der Waals surface area contributed by atoms with E-state index in [9.17, 15) is 18.9 Å². The fraction of sp³-hybridized carbons (Fsp3) is 0.381. The molecule has 0 fully saturated rings. The standard InChI is InChI=1S/C21H24ClFN5O7PS/c1-11(19(29)34-21(2,3)4)26-27-36(31)35-14-6-5-12(22)7-15(14)32-9-17-33-16(10-37-17)28-8-13(23)18(24)25-20(28)30/h5-8,10-11,17,26H,9H2,1-4H3,(H2,24,25,30)/t11-,17-/m0/s1. The Morgan fingerprint density at radius 1 is 1.46 bits per heavy atom. The van der Waals surface area contributed by atoms with Crippen LogP contribution in [0.1, 0.15) is 27.7 Å². The maximum Gasteiger partial charge on any atom is 0.412 e. The van der Waals surface area contributed by atoms with Crippen LogP contribution in [0, 0.1) is 5.82 Å². The van der Waals surface area contributed by atoms with E-state index in [0.29, 0.717) is 5.02 Å². The molecule has 1 aliphatic heterocycles. The summed E-state index contributed by atoms with van der Waals surface area (Å²) in [7, 11) is -2.65. The molecule has 3 rings (SSSR count). The minimum absolute atomic E-state index is 0.0460. The van der Waals surface area contributed by atoms with E-state index in [1.165, 1.54) is 42.3 Å². The van der Waals surface area contributed by atoms with E-state index in [1.807, 2.05) is 0 Å². The molecular formula is C21H24ClFN5O7PS. The van der Waals surface area contributed by atoms with Crippen LogP contribution in [0.2, 0.25) is 5.02 Å². The predicted octanol–water partition coefficient (Wildman–Crippen LogP) is 3.01. The van der Waals surface area contributed by atoms with Gasteiger partial charge in [-0.2, -0.15) is 10.4 Å². The van der Waals surface area contributed by atoms with E-state index in [4.69, 9.17) is 36.1 Å². The molecule has 0 bridgehead atoms. The second-order valence-corrected chi connectivity index (χ2v) is 10.8. The number of nitrogen functional groups attached to an aromatic ring is 1. The van der Waals surface area contributed by atoms with Crippen LogP contribution >= 0.6 is 31.5 Å². The van der Waals surface area contributed by atoms with Gasteiger partial charge in [0.2, 0.25) is 11.6 Å². The molecule has 0 radical (unpaired) electrons. The van der Waals surface area contributed by atoms with Crippen molar-refractivity contribution in [3.63, 3.8) is 0 Å². The number of nitrogens with zero attached hydrogens (tertiary/aromatic N) is 3. The lowest BCUT2D eigenvalue weighted by atomic mass is 10.2. The van der Waals surface area contributed by atoms with Gasteiger partial charge in [-0.15, -0.1) is 0 Å². The summed E-state index contributed by atoms with van der Waals surface area (Å²) in [5.41, 5.74) is 5.63. The molecule has 1 unspecified atom stereocenters. The van der Waals surface area contributed by atoms with Gasteiger partial charge in [0.25, 0.3) is 0 Å². The van der Waals surface area contributed by atoms with Gasteiger partial charge in [0.1, 0.15) is 18.2 Å². The lowest BCUT2D eigenvalue weighted by Crippen LogP contribution is -2.36. The molecule has 0 saturated heterocycles. The number of hydrogen-bond acceptors (Lipinski definition) is 11. The molecule has 37 heavy (non-hydrogen) atoms. The van der Waals surface area contributed by atoms with Crippen molar-refractivity contribution in [2.24, 2.45) is 4.85 Å². The van der Waals surface area contributed by atoms with Crippen molar-refractivity contribution in [1.82, 2.24) is 15.0 Å². The zero-order chi connectivity index (χ0) is 27.3. The first-order valence-corrected chi connectivity index (χ1v) is 13.1. The Kier molecular flexibility index (Phi) is 9.37. The molecule has 16 heteroatoms. The summed E-state index contributed by atoms with van der Waals surface area (Å²) in [5, 5.41) is 1.81. The van der Waals surface area contributed by atoms with Crippen LogP contribution < -0.4 is 31.0 Å². The van der Waals surface area contributed by atoms with Crippen LogP contribution in [0.3, 0.4) is 0 Å². The number of esters is 1. The second kappa shape index (κ2) is 12.1. The third-order valence-electron chi connectivity index (χ3n) is 4.27. The van der Waals surface area contributed by atoms with E-state index < -0.39 is 48.5 Å². The number of thioether (sulfide) groups is 1. The quantitative estimate of drug-likeness (QED) is 0.257. The summed E-state index contributed by atoms with van der Waals surface area (Å²) in [6, 6.07) is 3.51. The molecule has 1 aromatic carbocycles. The van der Waals surface area contributed by atoms with Gasteiger partial charge in [-0.05, 0) is 39.8 Å². The third kappa shape index (κ3) is 8.30. The number of benzene rings is 1. The smallest absolute Gasteiger partial charge is 0.412 e. The molecular weight excluding hydrogens is 552 g/mol. The summed E-state index contributed by atoms with van der Waals surface area (Å²) in [5.74, 6) is -1.70. The summed E-state index contributed by atoms with van der Waals surface area (Å²) in [6.45, 7) is 6.62. The molecule has 1 aliphatic rings. The van der Waals surface area contributed by atoms with E-state index in [2.05, 4.69) is 15.3 Å². The number of nitrogens with one attached hydrogen (secondary N) is 1. The predicted molar refractivity (Wildman–Crippen MR) is 135 cm³/mol. The molecule has 3 N–H and O–H groups in total. The van der Waals surface area contributed by atoms with Crippen LogP contribution in [-0.4, -0.2) is 39.2 Å². The first kappa shape index (κ1) is 28.7. The van der Waals surface area contributed by atoms with Gasteiger partial charge in [0.15, 0.2) is 22.8 Å². The van der Waals surface area contributed by atoms with Gasteiger partial charge in [0, 0.05) is 21.4 Å². The lowest BCUT2D eigenvalue weighted by molar-refractivity contribution is -0.169. The highest BCUT2D eigenvalue weighted by Crippen LogP contribution is 2.36. The number of nitrogens with two attached hydrogens (primary N) is 1. The van der Waals surface area contributed by atoms with E-state index in [1.54, 1.807) is 20.8 Å². The number of hydrogen-bond donors (Lipinski definition) is 2. The molecule has 2 aromatic rings. The second-order valence-electron chi connectivity index (χ2n) is 8.48. The number of halogens is 2. The largest absolute Gasteiger partial charge is 0.574 e. The monoisotopic (exact) mass is 575 g/mol. The van der Waals surface area contributed by atoms with Crippen LogP contribution in [0.5, 0.6) is 11.5 Å². The molecule has 200 valence electrons. The molecule has 12 nitrogen and oxygen atoms in total. The van der Waals surface area contributed by atoms with Crippen molar-refractivity contribution < 1.29 is 32.8 Å². The van der Waals surface area contributed by atoms with Gasteiger partial charge < -0.3 is 24.8 Å². The SMILES string of the molecule is C[C@H](N/N=[P+](\[O-])Oc1ccc(Cl)cc1OC[C@H]1OC(n2cc(F)c(N)nc2=O)=CS1)C(=O)OC(C)(C)C. The topological polar surface area (TPSA) is 162 Å². The number of anilines is 1. The van der Waals surface area contributed by atoms with Crippen LogP contribution in [-0.2, 0) is 14.3 Å². The van der Waals surface area contributed by atoms with Gasteiger partial charge in [-0.25, -0.2) is 13.8 Å². The van der Waals surface area contributed by atoms with Gasteiger partial charge in [0.05, 0.1) is 6.20 Å². The van der Waals surface area contributed by atoms with Gasteiger partial charge in [-0.3, -0.25) is 9.32 Å². The average Bonchev–Trinajstić information content (AvgIpc) is 3.27. The molecule has 0 saturated carbocycles. The minimum atomic E-state index is -2.65. The van der Waals surface area contributed by atoms with Crippen LogP contribution in [0.4, 0.5) is 10.2 Å². The Labute approximate surface area is 221 Å². The van der Waals surface area contributed by atoms with Gasteiger partial charge in [-0.1, -0.05) is 23.4 Å². The third-order valence-corrected chi connectivity index (χ3v) is 6.01. The number of rotatable bonds is 9. The summed E-state index contributed by atoms with van der Waals surface area (Å²) in [4.78, 5) is 43.4. The highest BCUT2D eigenvalue weighted by molar-refractivity contribution is 8.03. The molecule has 2 heterocycles. The summed E-state index contributed by atoms with van der Waals surface area (Å²) < 4.78 is 36.5. The van der Waals surface area contributed by atoms with Crippen molar-refractivity contribution in [3.05, 3.63) is 51.1 Å². The molecule has 0 spiro atoms. The van der Waals surface area contributed by atoms with E-state index in [-0.39, 0.29) is 24.0 Å². The van der Waals surface area contributed by atoms with Crippen LogP contribution in [0.15, 0.2) is 39.5 Å². The van der Waals surface area contributed by atoms with E-state index in [0.717, 1.165) is 10.8 Å². The maximum absolute atomic E-state index is 13.7. The maximum atomic E-state index is 13.7. The molecule has 0 aliphatic carbocycles. The Balaban J connectivity index is 1.60. The van der Waals surface area contributed by atoms with Crippen LogP contribution in [0.25, 0.3) is 5.88 Å². The molecule has 3 atom stereocenters. The number of carbonyl (C=O) groups excluding carboxylic acids is 1. The fourth-order valence-electron chi connectivity index (χ4n) is 2.62. The van der Waals surface area contributed by atoms with Crippen molar-refractivity contribution >= 4 is 49.2 Å². The van der Waals surface area contributed by atoms with Crippen molar-refractivity contribution in [1.29, 1.82) is 0 Å². The minimum Gasteiger partial charge on any atom is -0.574 e. The van der Waals surface area contributed by atoms with Crippen molar-refractivity contribution in [3.8, 4) is 11.5 Å². The molecule has 0 amide bonds. The Hall–Kier alpha value is -2.90. The Bertz CT molecular complexity index is 1290. The first-order valence-electron chi connectivity index (χ1n) is 10.7. The van der Waals surface area contributed by atoms with Gasteiger partial charge >= 0.3 is 19.8 Å². The zero-order valence-electron chi connectivity index (χ0n) is 20.1. The number of aromatic nitrogens is 2. The summed E-state index contributed by atoms with van der Waals surface area (Å²) >= 11 is 7.23. The zero-order valence-corrected chi connectivity index (χ0v) is 22.6.